The van der Waals surface area contributed by atoms with Crippen molar-refractivity contribution in [3.8, 4) is 0 Å². The van der Waals surface area contributed by atoms with Crippen LogP contribution in [0.15, 0.2) is 30.3 Å². The summed E-state index contributed by atoms with van der Waals surface area (Å²) in [4.78, 5) is 25.1. The van der Waals surface area contributed by atoms with Gasteiger partial charge in [0.25, 0.3) is 0 Å². The number of rotatable bonds is 3. The normalized spacial score (nSPS) is 10.2. The predicted molar refractivity (Wildman–Crippen MR) is 60.7 cm³/mol. The fraction of sp³-hybridized carbons (Fsp3) is 0.0769. The zero-order chi connectivity index (χ0) is 12.4. The quantitative estimate of drug-likeness (QED) is 0.651. The predicted octanol–water partition coefficient (Wildman–Crippen LogP) is 2.51. The minimum Gasteiger partial charge on any atom is -0.350 e. The van der Waals surface area contributed by atoms with Gasteiger partial charge in [-0.2, -0.15) is 0 Å². The van der Waals surface area contributed by atoms with E-state index in [9.17, 15) is 14.0 Å². The van der Waals surface area contributed by atoms with Crippen LogP contribution in [0.1, 0.15) is 32.1 Å². The van der Waals surface area contributed by atoms with E-state index in [2.05, 4.69) is 4.98 Å². The highest BCUT2D eigenvalue weighted by Crippen LogP contribution is 2.13. The van der Waals surface area contributed by atoms with Crippen LogP contribution in [0.4, 0.5) is 4.39 Å². The van der Waals surface area contributed by atoms with Crippen LogP contribution in [0.2, 0.25) is 0 Å². The molecule has 1 aromatic carbocycles. The van der Waals surface area contributed by atoms with E-state index < -0.39 is 0 Å². The standard InChI is InChI=1S/C13H10FNO2/c1-8-6-9(2-4-11(8)14)13(17)12-5-3-10(7-16)15-12/h2-7,15H,1H3. The average Bonchev–Trinajstić information content (AvgIpc) is 2.80. The van der Waals surface area contributed by atoms with Gasteiger partial charge in [0.15, 0.2) is 6.29 Å². The molecule has 17 heavy (non-hydrogen) atoms. The van der Waals surface area contributed by atoms with Crippen molar-refractivity contribution in [3.05, 3.63) is 58.7 Å². The summed E-state index contributed by atoms with van der Waals surface area (Å²) in [6.45, 7) is 1.59. The first-order valence-corrected chi connectivity index (χ1v) is 5.07. The molecule has 0 fully saturated rings. The number of benzene rings is 1. The summed E-state index contributed by atoms with van der Waals surface area (Å²) < 4.78 is 13.1. The van der Waals surface area contributed by atoms with E-state index in [1.54, 1.807) is 6.92 Å². The number of hydrogen-bond acceptors (Lipinski definition) is 2. The molecule has 2 rings (SSSR count). The maximum absolute atomic E-state index is 13.1. The molecule has 1 aromatic heterocycles. The van der Waals surface area contributed by atoms with E-state index in [1.165, 1.54) is 30.3 Å². The molecular formula is C13H10FNO2. The SMILES string of the molecule is Cc1cc(C(=O)c2ccc(C=O)[nH]2)ccc1F. The Morgan fingerprint density at radius 1 is 1.29 bits per heavy atom. The summed E-state index contributed by atoms with van der Waals surface area (Å²) in [6, 6.07) is 7.22. The van der Waals surface area contributed by atoms with Gasteiger partial charge >= 0.3 is 0 Å². The number of nitrogens with one attached hydrogen (secondary N) is 1. The number of aldehydes is 1. The Balaban J connectivity index is 2.36. The molecule has 0 amide bonds. The van der Waals surface area contributed by atoms with Crippen molar-refractivity contribution in [3.63, 3.8) is 0 Å². The second-order valence-corrected chi connectivity index (χ2v) is 3.74. The van der Waals surface area contributed by atoms with Crippen LogP contribution in [-0.4, -0.2) is 17.1 Å². The fourth-order valence-electron chi connectivity index (χ4n) is 1.55. The highest BCUT2D eigenvalue weighted by atomic mass is 19.1. The fourth-order valence-corrected chi connectivity index (χ4v) is 1.55. The van der Waals surface area contributed by atoms with Gasteiger partial charge in [0.1, 0.15) is 5.82 Å². The molecule has 0 aliphatic rings. The molecule has 4 heteroatoms. The Labute approximate surface area is 97.3 Å². The van der Waals surface area contributed by atoms with Gasteiger partial charge in [-0.15, -0.1) is 0 Å². The molecule has 1 N–H and O–H groups in total. The zero-order valence-electron chi connectivity index (χ0n) is 9.16. The third-order valence-corrected chi connectivity index (χ3v) is 2.50. The number of halogens is 1. The van der Waals surface area contributed by atoms with Crippen LogP contribution in [0.3, 0.4) is 0 Å². The van der Waals surface area contributed by atoms with Crippen molar-refractivity contribution in [2.75, 3.05) is 0 Å². The Hall–Kier alpha value is -2.23. The van der Waals surface area contributed by atoms with Gasteiger partial charge in [-0.05, 0) is 42.8 Å². The smallest absolute Gasteiger partial charge is 0.209 e. The number of ketones is 1. The van der Waals surface area contributed by atoms with Crippen molar-refractivity contribution in [2.45, 2.75) is 6.92 Å². The van der Waals surface area contributed by atoms with Crippen LogP contribution >= 0.6 is 0 Å². The Bertz CT molecular complexity index is 587. The molecule has 0 aliphatic carbocycles. The van der Waals surface area contributed by atoms with Gasteiger partial charge < -0.3 is 4.98 Å². The van der Waals surface area contributed by atoms with Crippen LogP contribution in [0, 0.1) is 12.7 Å². The second kappa shape index (κ2) is 4.33. The van der Waals surface area contributed by atoms with Crippen LogP contribution in [0.5, 0.6) is 0 Å². The number of aryl methyl sites for hydroxylation is 1. The van der Waals surface area contributed by atoms with Crippen LogP contribution in [0.25, 0.3) is 0 Å². The Morgan fingerprint density at radius 3 is 2.65 bits per heavy atom. The number of hydrogen-bond donors (Lipinski definition) is 1. The van der Waals surface area contributed by atoms with Gasteiger partial charge in [0.05, 0.1) is 11.4 Å². The summed E-state index contributed by atoms with van der Waals surface area (Å²) >= 11 is 0. The van der Waals surface area contributed by atoms with Crippen molar-refractivity contribution in [1.29, 1.82) is 0 Å². The third-order valence-electron chi connectivity index (χ3n) is 2.50. The lowest BCUT2D eigenvalue weighted by Crippen LogP contribution is -2.03. The Kier molecular flexibility index (Phi) is 2.87. The topological polar surface area (TPSA) is 49.9 Å². The van der Waals surface area contributed by atoms with Crippen LogP contribution < -0.4 is 0 Å². The monoisotopic (exact) mass is 231 g/mol. The lowest BCUT2D eigenvalue weighted by Gasteiger charge is -2.01. The molecule has 1 heterocycles. The van der Waals surface area contributed by atoms with Crippen molar-refractivity contribution in [1.82, 2.24) is 4.98 Å². The average molecular weight is 231 g/mol. The lowest BCUT2D eigenvalue weighted by molar-refractivity contribution is 0.103. The van der Waals surface area contributed by atoms with Gasteiger partial charge in [-0.3, -0.25) is 9.59 Å². The van der Waals surface area contributed by atoms with Crippen molar-refractivity contribution >= 4 is 12.1 Å². The van der Waals surface area contributed by atoms with Crippen molar-refractivity contribution in [2.24, 2.45) is 0 Å². The maximum atomic E-state index is 13.1. The molecule has 0 radical (unpaired) electrons. The zero-order valence-corrected chi connectivity index (χ0v) is 9.16. The van der Waals surface area contributed by atoms with E-state index in [1.807, 2.05) is 0 Å². The van der Waals surface area contributed by atoms with Gasteiger partial charge in [0.2, 0.25) is 5.78 Å². The third kappa shape index (κ3) is 2.15. The summed E-state index contributed by atoms with van der Waals surface area (Å²) in [7, 11) is 0. The molecule has 86 valence electrons. The largest absolute Gasteiger partial charge is 0.350 e. The van der Waals surface area contributed by atoms with E-state index in [0.29, 0.717) is 28.8 Å². The number of carbonyl (C=O) groups is 2. The minimum absolute atomic E-state index is 0.263. The minimum atomic E-state index is -0.346. The maximum Gasteiger partial charge on any atom is 0.209 e. The van der Waals surface area contributed by atoms with E-state index in [4.69, 9.17) is 0 Å². The number of aromatic nitrogens is 1. The molecule has 0 spiro atoms. The molecular weight excluding hydrogens is 221 g/mol. The second-order valence-electron chi connectivity index (χ2n) is 3.74. The van der Waals surface area contributed by atoms with Crippen LogP contribution in [-0.2, 0) is 0 Å². The molecule has 2 aromatic rings. The van der Waals surface area contributed by atoms with E-state index in [-0.39, 0.29) is 11.6 Å². The van der Waals surface area contributed by atoms with Gasteiger partial charge in [-0.1, -0.05) is 0 Å². The number of aromatic amines is 1. The molecule has 0 unspecified atom stereocenters. The summed E-state index contributed by atoms with van der Waals surface area (Å²) in [5.74, 6) is -0.609. The highest BCUT2D eigenvalue weighted by Gasteiger charge is 2.12. The first-order chi connectivity index (χ1) is 8.11. The molecule has 0 bridgehead atoms. The Morgan fingerprint density at radius 2 is 2.06 bits per heavy atom. The summed E-state index contributed by atoms with van der Waals surface area (Å²) in [5.41, 5.74) is 1.46. The van der Waals surface area contributed by atoms with Crippen molar-refractivity contribution < 1.29 is 14.0 Å². The first kappa shape index (κ1) is 11.3. The van der Waals surface area contributed by atoms with Gasteiger partial charge in [-0.25, -0.2) is 4.39 Å². The summed E-state index contributed by atoms with van der Waals surface area (Å²) in [5, 5.41) is 0. The summed E-state index contributed by atoms with van der Waals surface area (Å²) in [6.07, 6.45) is 0.632. The van der Waals surface area contributed by atoms with E-state index in [0.717, 1.165) is 0 Å². The molecule has 0 aliphatic heterocycles. The molecule has 0 saturated carbocycles. The molecule has 0 saturated heterocycles. The number of carbonyl (C=O) groups excluding carboxylic acids is 2. The van der Waals surface area contributed by atoms with E-state index >= 15 is 0 Å². The highest BCUT2D eigenvalue weighted by molar-refractivity contribution is 6.08. The number of H-pyrrole nitrogens is 1. The molecule has 3 nitrogen and oxygen atoms in total. The lowest BCUT2D eigenvalue weighted by atomic mass is 10.1. The molecule has 0 atom stereocenters. The first-order valence-electron chi connectivity index (χ1n) is 5.07. The van der Waals surface area contributed by atoms with Gasteiger partial charge in [0, 0.05) is 5.56 Å².